The van der Waals surface area contributed by atoms with Gasteiger partial charge in [0.15, 0.2) is 5.69 Å². The number of pyridine rings is 1. The van der Waals surface area contributed by atoms with Gasteiger partial charge in [0.25, 0.3) is 0 Å². The second kappa shape index (κ2) is 5.65. The molecule has 0 saturated carbocycles. The summed E-state index contributed by atoms with van der Waals surface area (Å²) >= 11 is 17.4. The van der Waals surface area contributed by atoms with Crippen LogP contribution >= 0.6 is 34.8 Å². The minimum Gasteiger partial charge on any atom is -0.476 e. The molecule has 98 valence electrons. The van der Waals surface area contributed by atoms with Crippen molar-refractivity contribution in [3.8, 4) is 0 Å². The molecule has 19 heavy (non-hydrogen) atoms. The lowest BCUT2D eigenvalue weighted by Gasteiger charge is -2.08. The molecule has 0 saturated heterocycles. The summed E-state index contributed by atoms with van der Waals surface area (Å²) in [7, 11) is 0. The van der Waals surface area contributed by atoms with Crippen molar-refractivity contribution in [1.82, 2.24) is 4.98 Å². The van der Waals surface area contributed by atoms with Gasteiger partial charge in [-0.1, -0.05) is 34.8 Å². The maximum absolute atomic E-state index is 10.9. The van der Waals surface area contributed by atoms with Crippen LogP contribution in [-0.4, -0.2) is 16.1 Å². The largest absolute Gasteiger partial charge is 0.476 e. The minimum atomic E-state index is -1.19. The van der Waals surface area contributed by atoms with Gasteiger partial charge in [0.1, 0.15) is 5.82 Å². The molecule has 1 aromatic carbocycles. The maximum atomic E-state index is 10.9. The van der Waals surface area contributed by atoms with Gasteiger partial charge in [-0.3, -0.25) is 0 Å². The van der Waals surface area contributed by atoms with Crippen LogP contribution in [0.4, 0.5) is 11.5 Å². The SMILES string of the molecule is O=C(O)c1nc(Nc2ccc(Cl)c(Cl)c2)ccc1Cl. The van der Waals surface area contributed by atoms with E-state index in [0.717, 1.165) is 0 Å². The molecule has 0 unspecified atom stereocenters. The predicted molar refractivity (Wildman–Crippen MR) is 76.0 cm³/mol. The van der Waals surface area contributed by atoms with Crippen LogP contribution in [0.15, 0.2) is 30.3 Å². The first-order valence-corrected chi connectivity index (χ1v) is 6.22. The van der Waals surface area contributed by atoms with Gasteiger partial charge in [-0.2, -0.15) is 0 Å². The van der Waals surface area contributed by atoms with Crippen LogP contribution in [-0.2, 0) is 0 Å². The molecule has 2 aromatic rings. The Bertz CT molecular complexity index is 647. The topological polar surface area (TPSA) is 62.2 Å². The van der Waals surface area contributed by atoms with Gasteiger partial charge in [-0.15, -0.1) is 0 Å². The number of carbonyl (C=O) groups is 1. The van der Waals surface area contributed by atoms with Crippen LogP contribution in [0, 0.1) is 0 Å². The Morgan fingerprint density at radius 2 is 1.74 bits per heavy atom. The van der Waals surface area contributed by atoms with E-state index in [1.165, 1.54) is 6.07 Å². The molecule has 0 atom stereocenters. The molecule has 0 aliphatic heterocycles. The first-order chi connectivity index (χ1) is 8.97. The van der Waals surface area contributed by atoms with Crippen LogP contribution in [0.1, 0.15) is 10.5 Å². The molecule has 1 aromatic heterocycles. The quantitative estimate of drug-likeness (QED) is 0.876. The fraction of sp³-hybridized carbons (Fsp3) is 0. The number of aromatic nitrogens is 1. The van der Waals surface area contributed by atoms with E-state index in [0.29, 0.717) is 21.6 Å². The van der Waals surface area contributed by atoms with Gasteiger partial charge in [0, 0.05) is 5.69 Å². The van der Waals surface area contributed by atoms with Gasteiger partial charge in [-0.05, 0) is 30.3 Å². The second-order valence-electron chi connectivity index (χ2n) is 3.59. The maximum Gasteiger partial charge on any atom is 0.356 e. The van der Waals surface area contributed by atoms with Crippen molar-refractivity contribution < 1.29 is 9.90 Å². The van der Waals surface area contributed by atoms with Gasteiger partial charge < -0.3 is 10.4 Å². The zero-order chi connectivity index (χ0) is 14.0. The highest BCUT2D eigenvalue weighted by molar-refractivity contribution is 6.42. The van der Waals surface area contributed by atoms with E-state index in [4.69, 9.17) is 39.9 Å². The van der Waals surface area contributed by atoms with E-state index in [1.807, 2.05) is 0 Å². The molecule has 0 spiro atoms. The van der Waals surface area contributed by atoms with E-state index in [2.05, 4.69) is 10.3 Å². The van der Waals surface area contributed by atoms with E-state index in [1.54, 1.807) is 24.3 Å². The number of carboxylic acid groups (broad SMARTS) is 1. The molecule has 7 heteroatoms. The van der Waals surface area contributed by atoms with Gasteiger partial charge >= 0.3 is 5.97 Å². The number of carboxylic acids is 1. The Kier molecular flexibility index (Phi) is 4.14. The molecule has 0 fully saturated rings. The van der Waals surface area contributed by atoms with Crippen molar-refractivity contribution in [2.75, 3.05) is 5.32 Å². The highest BCUT2D eigenvalue weighted by Crippen LogP contribution is 2.27. The first-order valence-electron chi connectivity index (χ1n) is 5.09. The third-order valence-electron chi connectivity index (χ3n) is 2.24. The summed E-state index contributed by atoms with van der Waals surface area (Å²) in [6.07, 6.45) is 0. The third-order valence-corrected chi connectivity index (χ3v) is 3.28. The number of nitrogens with one attached hydrogen (secondary N) is 1. The first kappa shape index (κ1) is 13.9. The summed E-state index contributed by atoms with van der Waals surface area (Å²) in [6.45, 7) is 0. The van der Waals surface area contributed by atoms with Crippen molar-refractivity contribution in [1.29, 1.82) is 0 Å². The van der Waals surface area contributed by atoms with Crippen LogP contribution in [0.2, 0.25) is 15.1 Å². The Hall–Kier alpha value is -1.49. The summed E-state index contributed by atoms with van der Waals surface area (Å²) < 4.78 is 0. The van der Waals surface area contributed by atoms with E-state index >= 15 is 0 Å². The van der Waals surface area contributed by atoms with E-state index in [-0.39, 0.29) is 10.7 Å². The average Bonchev–Trinajstić information content (AvgIpc) is 2.36. The van der Waals surface area contributed by atoms with Crippen LogP contribution in [0.5, 0.6) is 0 Å². The highest BCUT2D eigenvalue weighted by atomic mass is 35.5. The molecule has 1 heterocycles. The summed E-state index contributed by atoms with van der Waals surface area (Å²) in [5, 5.41) is 12.7. The number of aromatic carboxylic acids is 1. The summed E-state index contributed by atoms with van der Waals surface area (Å²) in [5.41, 5.74) is 0.423. The van der Waals surface area contributed by atoms with Crippen LogP contribution in [0.3, 0.4) is 0 Å². The number of rotatable bonds is 3. The molecule has 4 nitrogen and oxygen atoms in total. The number of hydrogen-bond donors (Lipinski definition) is 2. The molecule has 0 radical (unpaired) electrons. The van der Waals surface area contributed by atoms with Crippen molar-refractivity contribution in [3.05, 3.63) is 51.1 Å². The molecular weight excluding hydrogens is 311 g/mol. The standard InChI is InChI=1S/C12H7Cl3N2O2/c13-7-2-1-6(5-9(7)15)16-10-4-3-8(14)11(17-10)12(18)19/h1-5H,(H,16,17)(H,18,19). The molecular formula is C12H7Cl3N2O2. The number of anilines is 2. The average molecular weight is 318 g/mol. The molecule has 0 amide bonds. The zero-order valence-electron chi connectivity index (χ0n) is 9.32. The molecule has 0 bridgehead atoms. The van der Waals surface area contributed by atoms with Crippen LogP contribution in [0.25, 0.3) is 0 Å². The summed E-state index contributed by atoms with van der Waals surface area (Å²) in [6, 6.07) is 7.96. The zero-order valence-corrected chi connectivity index (χ0v) is 11.6. The molecule has 0 aliphatic rings. The van der Waals surface area contributed by atoms with Crippen molar-refractivity contribution in [3.63, 3.8) is 0 Å². The summed E-state index contributed by atoms with van der Waals surface area (Å²) in [5.74, 6) is -0.844. The number of benzene rings is 1. The van der Waals surface area contributed by atoms with Gasteiger partial charge in [-0.25, -0.2) is 9.78 Å². The Morgan fingerprint density at radius 1 is 1.05 bits per heavy atom. The Labute approximate surface area is 123 Å². The number of halogens is 3. The van der Waals surface area contributed by atoms with Crippen molar-refractivity contribution >= 4 is 52.3 Å². The minimum absolute atomic E-state index is 0.0761. The van der Waals surface area contributed by atoms with Crippen molar-refractivity contribution in [2.24, 2.45) is 0 Å². The van der Waals surface area contributed by atoms with Gasteiger partial charge in [0.05, 0.1) is 15.1 Å². The Morgan fingerprint density at radius 3 is 2.37 bits per heavy atom. The molecule has 0 aliphatic carbocycles. The molecule has 2 rings (SSSR count). The predicted octanol–water partition coefficient (Wildman–Crippen LogP) is 4.48. The van der Waals surface area contributed by atoms with Crippen LogP contribution < -0.4 is 5.32 Å². The smallest absolute Gasteiger partial charge is 0.356 e. The summed E-state index contributed by atoms with van der Waals surface area (Å²) in [4.78, 5) is 14.8. The highest BCUT2D eigenvalue weighted by Gasteiger charge is 2.11. The normalized spacial score (nSPS) is 10.3. The van der Waals surface area contributed by atoms with Gasteiger partial charge in [0.2, 0.25) is 0 Å². The number of nitrogens with zero attached hydrogens (tertiary/aromatic N) is 1. The fourth-order valence-electron chi connectivity index (χ4n) is 1.38. The lowest BCUT2D eigenvalue weighted by Crippen LogP contribution is -2.04. The van der Waals surface area contributed by atoms with Crippen molar-refractivity contribution in [2.45, 2.75) is 0 Å². The third kappa shape index (κ3) is 3.29. The Balaban J connectivity index is 2.30. The second-order valence-corrected chi connectivity index (χ2v) is 4.81. The molecule has 2 N–H and O–H groups in total. The lowest BCUT2D eigenvalue weighted by atomic mass is 10.3. The number of hydrogen-bond acceptors (Lipinski definition) is 3. The lowest BCUT2D eigenvalue weighted by molar-refractivity contribution is 0.0691. The van der Waals surface area contributed by atoms with E-state index < -0.39 is 5.97 Å². The van der Waals surface area contributed by atoms with E-state index in [9.17, 15) is 4.79 Å². The monoisotopic (exact) mass is 316 g/mol. The fourth-order valence-corrected chi connectivity index (χ4v) is 1.87.